The fourth-order valence-corrected chi connectivity index (χ4v) is 3.92. The second-order valence-corrected chi connectivity index (χ2v) is 9.03. The van der Waals surface area contributed by atoms with Crippen molar-refractivity contribution in [3.8, 4) is 0 Å². The lowest BCUT2D eigenvalue weighted by molar-refractivity contribution is 0.0966. The van der Waals surface area contributed by atoms with Crippen molar-refractivity contribution in [1.82, 2.24) is 5.32 Å². The van der Waals surface area contributed by atoms with Gasteiger partial charge in [0.25, 0.3) is 16.8 Å². The largest absolute Gasteiger partial charge is 0.447 e. The van der Waals surface area contributed by atoms with Gasteiger partial charge >= 0.3 is 0 Å². The van der Waals surface area contributed by atoms with Gasteiger partial charge in [0.15, 0.2) is 5.22 Å². The van der Waals surface area contributed by atoms with Crippen LogP contribution in [0, 0.1) is 5.41 Å². The number of hydrogen-bond acceptors (Lipinski definition) is 6. The molecule has 7 nitrogen and oxygen atoms in total. The maximum absolute atomic E-state index is 12.3. The molecule has 1 atom stereocenters. The van der Waals surface area contributed by atoms with E-state index in [1.165, 1.54) is 0 Å². The first-order valence-electron chi connectivity index (χ1n) is 9.29. The van der Waals surface area contributed by atoms with Gasteiger partial charge in [-0.25, -0.2) is 0 Å². The van der Waals surface area contributed by atoms with Gasteiger partial charge in [-0.3, -0.25) is 14.4 Å². The van der Waals surface area contributed by atoms with E-state index in [-0.39, 0.29) is 27.9 Å². The van der Waals surface area contributed by atoms with Crippen LogP contribution in [0.15, 0.2) is 38.3 Å². The molecule has 9 heteroatoms. The Balaban J connectivity index is 1.70. The molecule has 1 amide bonds. The summed E-state index contributed by atoms with van der Waals surface area (Å²) < 4.78 is 5.54. The van der Waals surface area contributed by atoms with Crippen LogP contribution < -0.4 is 26.8 Å². The number of nitrogens with one attached hydrogen (secondary N) is 3. The van der Waals surface area contributed by atoms with Gasteiger partial charge in [0.2, 0.25) is 0 Å². The molecule has 0 saturated heterocycles. The zero-order valence-corrected chi connectivity index (χ0v) is 18.0. The summed E-state index contributed by atoms with van der Waals surface area (Å²) >= 11 is 12.1. The maximum atomic E-state index is 12.3. The molecular formula is C21H19Cl2N3O4. The fraction of sp³-hybridized carbons (Fsp3) is 0.286. The standard InChI is InChI=1S/C21H19Cl2N3O4/c1-21(2,3)19(12-6-7-13(23)30-12)26-16-15(17(27)18(16)28)25-11-5-4-10(22)9-8-24-20(29)14(9)11/h4-7,19,25-26H,8H2,1-3H3,(H,24,29)/t19-/m0/s1. The minimum atomic E-state index is -0.662. The summed E-state index contributed by atoms with van der Waals surface area (Å²) in [4.78, 5) is 36.9. The number of rotatable bonds is 5. The van der Waals surface area contributed by atoms with E-state index in [9.17, 15) is 14.4 Å². The van der Waals surface area contributed by atoms with E-state index in [0.717, 1.165) is 0 Å². The summed E-state index contributed by atoms with van der Waals surface area (Å²) in [7, 11) is 0. The van der Waals surface area contributed by atoms with E-state index in [4.69, 9.17) is 27.6 Å². The molecule has 2 aromatic carbocycles. The SMILES string of the molecule is CC(C)(C)[C@@H](Nc1c(Nc2ccc(Cl)c3c2C(=O)NC3)c(=O)c1=O)c1ccc(Cl)o1. The predicted molar refractivity (Wildman–Crippen MR) is 117 cm³/mol. The van der Waals surface area contributed by atoms with Crippen LogP contribution in [-0.4, -0.2) is 5.91 Å². The Morgan fingerprint density at radius 1 is 1.03 bits per heavy atom. The Morgan fingerprint density at radius 3 is 2.37 bits per heavy atom. The van der Waals surface area contributed by atoms with Gasteiger partial charge in [0, 0.05) is 17.1 Å². The first-order valence-corrected chi connectivity index (χ1v) is 10.0. The molecule has 1 aromatic heterocycles. The monoisotopic (exact) mass is 447 g/mol. The molecule has 3 N–H and O–H groups in total. The Kier molecular flexibility index (Phi) is 4.91. The number of furan rings is 1. The van der Waals surface area contributed by atoms with E-state index in [1.807, 2.05) is 20.8 Å². The average Bonchev–Trinajstić information content (AvgIpc) is 3.28. The summed E-state index contributed by atoms with van der Waals surface area (Å²) in [5, 5.41) is 9.48. The van der Waals surface area contributed by atoms with Crippen LogP contribution in [-0.2, 0) is 6.54 Å². The number of fused-ring (bicyclic) bond motifs is 1. The molecule has 0 unspecified atom stereocenters. The number of anilines is 3. The van der Waals surface area contributed by atoms with Gasteiger partial charge in [0.05, 0.1) is 17.3 Å². The number of carbonyl (C=O) groups is 1. The van der Waals surface area contributed by atoms with E-state index in [1.54, 1.807) is 24.3 Å². The molecule has 0 saturated carbocycles. The van der Waals surface area contributed by atoms with Gasteiger partial charge in [-0.1, -0.05) is 32.4 Å². The zero-order valence-electron chi connectivity index (χ0n) is 16.5. The van der Waals surface area contributed by atoms with Gasteiger partial charge in [-0.15, -0.1) is 0 Å². The number of halogens is 2. The van der Waals surface area contributed by atoms with Crippen molar-refractivity contribution in [2.45, 2.75) is 33.4 Å². The summed E-state index contributed by atoms with van der Waals surface area (Å²) in [6, 6.07) is 6.17. The Labute approximate surface area is 182 Å². The van der Waals surface area contributed by atoms with Crippen molar-refractivity contribution in [1.29, 1.82) is 0 Å². The second kappa shape index (κ2) is 7.18. The molecule has 0 aliphatic carbocycles. The maximum Gasteiger partial charge on any atom is 0.254 e. The van der Waals surface area contributed by atoms with Crippen LogP contribution in [0.1, 0.15) is 48.5 Å². The normalized spacial score (nSPS) is 14.5. The van der Waals surface area contributed by atoms with Crippen molar-refractivity contribution in [3.05, 3.63) is 71.8 Å². The van der Waals surface area contributed by atoms with Crippen molar-refractivity contribution >= 4 is 46.2 Å². The van der Waals surface area contributed by atoms with Crippen LogP contribution in [0.2, 0.25) is 10.2 Å². The molecule has 0 bridgehead atoms. The molecule has 30 heavy (non-hydrogen) atoms. The number of amides is 1. The Hall–Kier alpha value is -2.77. The van der Waals surface area contributed by atoms with E-state index in [2.05, 4.69) is 16.0 Å². The fourth-order valence-electron chi connectivity index (χ4n) is 3.54. The summed E-state index contributed by atoms with van der Waals surface area (Å²) in [5.41, 5.74) is -0.00766. The molecule has 4 rings (SSSR count). The molecule has 3 aromatic rings. The smallest absolute Gasteiger partial charge is 0.254 e. The van der Waals surface area contributed by atoms with Crippen molar-refractivity contribution in [3.63, 3.8) is 0 Å². The summed E-state index contributed by atoms with van der Waals surface area (Å²) in [6.07, 6.45) is 0. The van der Waals surface area contributed by atoms with Gasteiger partial charge in [-0.2, -0.15) is 0 Å². The third-order valence-electron chi connectivity index (χ3n) is 5.11. The number of hydrogen-bond donors (Lipinski definition) is 3. The van der Waals surface area contributed by atoms with Crippen LogP contribution in [0.25, 0.3) is 0 Å². The number of benzene rings is 1. The lowest BCUT2D eigenvalue weighted by atomic mass is 9.85. The topological polar surface area (TPSA) is 100 Å². The molecular weight excluding hydrogens is 429 g/mol. The minimum absolute atomic E-state index is 0.0936. The Morgan fingerprint density at radius 2 is 1.73 bits per heavy atom. The van der Waals surface area contributed by atoms with Crippen LogP contribution in [0.4, 0.5) is 17.1 Å². The highest BCUT2D eigenvalue weighted by atomic mass is 35.5. The van der Waals surface area contributed by atoms with E-state index < -0.39 is 16.9 Å². The molecule has 1 aliphatic heterocycles. The van der Waals surface area contributed by atoms with Gasteiger partial charge in [-0.05, 0) is 41.3 Å². The van der Waals surface area contributed by atoms with Crippen LogP contribution in [0.3, 0.4) is 0 Å². The average molecular weight is 448 g/mol. The van der Waals surface area contributed by atoms with E-state index in [0.29, 0.717) is 34.1 Å². The second-order valence-electron chi connectivity index (χ2n) is 8.25. The summed E-state index contributed by atoms with van der Waals surface area (Å²) in [6.45, 7) is 6.22. The zero-order chi connectivity index (χ0) is 21.8. The quantitative estimate of drug-likeness (QED) is 0.502. The van der Waals surface area contributed by atoms with Gasteiger partial charge in [0.1, 0.15) is 17.1 Å². The predicted octanol–water partition coefficient (Wildman–Crippen LogP) is 4.37. The van der Waals surface area contributed by atoms with E-state index >= 15 is 0 Å². The molecule has 0 fully saturated rings. The number of carbonyl (C=O) groups excluding carboxylic acids is 1. The minimum Gasteiger partial charge on any atom is -0.447 e. The third kappa shape index (κ3) is 3.38. The molecule has 0 radical (unpaired) electrons. The first kappa shape index (κ1) is 20.5. The third-order valence-corrected chi connectivity index (χ3v) is 5.67. The lowest BCUT2D eigenvalue weighted by Gasteiger charge is -2.31. The molecule has 0 spiro atoms. The summed E-state index contributed by atoms with van der Waals surface area (Å²) in [5.74, 6) is 0.249. The van der Waals surface area contributed by atoms with Crippen molar-refractivity contribution in [2.24, 2.45) is 5.41 Å². The Bertz CT molecular complexity index is 1230. The first-order chi connectivity index (χ1) is 14.1. The highest BCUT2D eigenvalue weighted by Gasteiger charge is 2.34. The van der Waals surface area contributed by atoms with Crippen LogP contribution in [0.5, 0.6) is 0 Å². The molecule has 1 aliphatic rings. The highest BCUT2D eigenvalue weighted by molar-refractivity contribution is 6.32. The van der Waals surface area contributed by atoms with Crippen molar-refractivity contribution in [2.75, 3.05) is 10.6 Å². The molecule has 156 valence electrons. The highest BCUT2D eigenvalue weighted by Crippen LogP contribution is 2.39. The van der Waals surface area contributed by atoms with Gasteiger partial charge < -0.3 is 20.4 Å². The lowest BCUT2D eigenvalue weighted by Crippen LogP contribution is -2.39. The molecule has 2 heterocycles. The van der Waals surface area contributed by atoms with Crippen molar-refractivity contribution < 1.29 is 9.21 Å². The van der Waals surface area contributed by atoms with Crippen LogP contribution >= 0.6 is 23.2 Å².